The SMILES string of the molecule is Oc1cccc[c]1[In][Cl]. The van der Waals surface area contributed by atoms with Gasteiger partial charge in [-0.25, -0.2) is 0 Å². The van der Waals surface area contributed by atoms with Crippen molar-refractivity contribution in [3.8, 4) is 5.75 Å². The van der Waals surface area contributed by atoms with Crippen LogP contribution in [0.1, 0.15) is 0 Å². The van der Waals surface area contributed by atoms with E-state index in [1.54, 1.807) is 12.1 Å². The molecule has 1 radical (unpaired) electrons. The molecule has 0 fully saturated rings. The van der Waals surface area contributed by atoms with Crippen LogP contribution in [0.3, 0.4) is 0 Å². The molecule has 0 saturated carbocycles. The third-order valence-electron chi connectivity index (χ3n) is 1.05. The summed E-state index contributed by atoms with van der Waals surface area (Å²) >= 11 is -1.11. The molecule has 1 rings (SSSR count). The fraction of sp³-hybridized carbons (Fsp3) is 0. The summed E-state index contributed by atoms with van der Waals surface area (Å²) < 4.78 is 0.967. The maximum absolute atomic E-state index is 9.07. The Balaban J connectivity index is 3.01. The van der Waals surface area contributed by atoms with Crippen molar-refractivity contribution in [3.05, 3.63) is 24.3 Å². The standard InChI is InChI=1S/C6H5O.ClH.In/c7-6-4-2-1-3-5-6;;/h1-4,7H;1H;/q;;+1/p-1. The van der Waals surface area contributed by atoms with E-state index in [-0.39, 0.29) is 0 Å². The number of para-hydroxylation sites is 1. The van der Waals surface area contributed by atoms with E-state index < -0.39 is 21.7 Å². The molecule has 0 aliphatic heterocycles. The number of phenolic OH excluding ortho intramolecular Hbond substituents is 1. The van der Waals surface area contributed by atoms with Crippen LogP contribution in [0.4, 0.5) is 0 Å². The van der Waals surface area contributed by atoms with Gasteiger partial charge in [-0.3, -0.25) is 0 Å². The van der Waals surface area contributed by atoms with Crippen molar-refractivity contribution in [1.29, 1.82) is 0 Å². The van der Waals surface area contributed by atoms with Crippen LogP contribution in [0.25, 0.3) is 0 Å². The fourth-order valence-electron chi connectivity index (χ4n) is 0.580. The predicted molar refractivity (Wildman–Crippen MR) is 39.3 cm³/mol. The second-order valence-corrected chi connectivity index (χ2v) is 5.53. The van der Waals surface area contributed by atoms with Crippen molar-refractivity contribution in [2.75, 3.05) is 0 Å². The maximum atomic E-state index is 9.07. The van der Waals surface area contributed by atoms with Gasteiger partial charge in [0.05, 0.1) is 0 Å². The van der Waals surface area contributed by atoms with Crippen molar-refractivity contribution in [3.63, 3.8) is 0 Å². The normalized spacial score (nSPS) is 9.00. The number of hydrogen-bond donors (Lipinski definition) is 1. The van der Waals surface area contributed by atoms with E-state index in [9.17, 15) is 0 Å². The molecule has 0 aliphatic carbocycles. The quantitative estimate of drug-likeness (QED) is 0.776. The van der Waals surface area contributed by atoms with E-state index in [1.165, 1.54) is 0 Å². The molecule has 9 heavy (non-hydrogen) atoms. The molecule has 0 unspecified atom stereocenters. The monoisotopic (exact) mass is 243 g/mol. The molecule has 0 bridgehead atoms. The summed E-state index contributed by atoms with van der Waals surface area (Å²) in [6.45, 7) is 0. The van der Waals surface area contributed by atoms with Gasteiger partial charge < -0.3 is 0 Å². The van der Waals surface area contributed by atoms with Gasteiger partial charge in [-0.1, -0.05) is 0 Å². The summed E-state index contributed by atoms with van der Waals surface area (Å²) in [5.74, 6) is 0.355. The first-order valence-corrected chi connectivity index (χ1v) is 8.38. The van der Waals surface area contributed by atoms with Crippen LogP contribution >= 0.6 is 8.58 Å². The first-order valence-electron chi connectivity index (χ1n) is 2.56. The minimum atomic E-state index is -1.11. The summed E-state index contributed by atoms with van der Waals surface area (Å²) in [7, 11) is 5.66. The number of hydrogen-bond acceptors (Lipinski definition) is 1. The Morgan fingerprint density at radius 2 is 2.00 bits per heavy atom. The molecule has 0 spiro atoms. The summed E-state index contributed by atoms with van der Waals surface area (Å²) in [4.78, 5) is 0. The van der Waals surface area contributed by atoms with Crippen molar-refractivity contribution >= 4 is 33.6 Å². The summed E-state index contributed by atoms with van der Waals surface area (Å²) in [5, 5.41) is 9.07. The summed E-state index contributed by atoms with van der Waals surface area (Å²) in [6, 6.07) is 7.24. The second-order valence-electron chi connectivity index (χ2n) is 1.67. The third kappa shape index (κ3) is 1.80. The molecule has 0 aromatic heterocycles. The third-order valence-corrected chi connectivity index (χ3v) is 4.70. The van der Waals surface area contributed by atoms with Gasteiger partial charge >= 0.3 is 68.7 Å². The first-order chi connectivity index (χ1) is 4.34. The van der Waals surface area contributed by atoms with Crippen LogP contribution in [-0.4, -0.2) is 26.8 Å². The van der Waals surface area contributed by atoms with E-state index in [2.05, 4.69) is 0 Å². The summed E-state index contributed by atoms with van der Waals surface area (Å²) in [5.41, 5.74) is 0. The van der Waals surface area contributed by atoms with Crippen molar-refractivity contribution in [2.24, 2.45) is 0 Å². The van der Waals surface area contributed by atoms with E-state index in [1.807, 2.05) is 12.1 Å². The van der Waals surface area contributed by atoms with E-state index in [0.29, 0.717) is 5.75 Å². The van der Waals surface area contributed by atoms with Crippen molar-refractivity contribution < 1.29 is 5.11 Å². The second kappa shape index (κ2) is 3.37. The molecule has 1 aromatic carbocycles. The van der Waals surface area contributed by atoms with Gasteiger partial charge in [-0.05, 0) is 0 Å². The zero-order chi connectivity index (χ0) is 6.69. The zero-order valence-electron chi connectivity index (χ0n) is 4.71. The molecule has 0 saturated heterocycles. The van der Waals surface area contributed by atoms with Gasteiger partial charge in [0.2, 0.25) is 0 Å². The van der Waals surface area contributed by atoms with Crippen LogP contribution in [0, 0.1) is 0 Å². The van der Waals surface area contributed by atoms with Gasteiger partial charge in [-0.15, -0.1) is 0 Å². The number of halogens is 1. The predicted octanol–water partition coefficient (Wildman–Crippen LogP) is 0.875. The van der Waals surface area contributed by atoms with Crippen molar-refractivity contribution in [2.45, 2.75) is 0 Å². The molecule has 1 aromatic rings. The van der Waals surface area contributed by atoms with Crippen LogP contribution in [0.2, 0.25) is 0 Å². The number of benzene rings is 1. The molecule has 1 N–H and O–H groups in total. The Bertz CT molecular complexity index is 202. The van der Waals surface area contributed by atoms with Gasteiger partial charge in [0.15, 0.2) is 0 Å². The van der Waals surface area contributed by atoms with Crippen LogP contribution in [0.15, 0.2) is 24.3 Å². The van der Waals surface area contributed by atoms with Crippen LogP contribution in [-0.2, 0) is 0 Å². The first kappa shape index (κ1) is 7.29. The molecule has 1 nitrogen and oxygen atoms in total. The number of phenols is 1. The Hall–Kier alpha value is 0.180. The summed E-state index contributed by atoms with van der Waals surface area (Å²) in [6.07, 6.45) is 0. The molecular formula is C6H5ClInO. The Kier molecular flexibility index (Phi) is 2.73. The van der Waals surface area contributed by atoms with Crippen LogP contribution < -0.4 is 3.32 Å². The molecule has 3 heteroatoms. The Labute approximate surface area is 68.6 Å². The van der Waals surface area contributed by atoms with E-state index >= 15 is 0 Å². The number of aromatic hydroxyl groups is 1. The Morgan fingerprint density at radius 3 is 2.44 bits per heavy atom. The molecule has 45 valence electrons. The zero-order valence-corrected chi connectivity index (χ0v) is 8.76. The molecule has 0 amide bonds. The van der Waals surface area contributed by atoms with Crippen molar-refractivity contribution in [1.82, 2.24) is 0 Å². The molecule has 0 aliphatic rings. The Morgan fingerprint density at radius 1 is 1.33 bits per heavy atom. The van der Waals surface area contributed by atoms with E-state index in [4.69, 9.17) is 13.7 Å². The average Bonchev–Trinajstić information content (AvgIpc) is 1.89. The fourth-order valence-corrected chi connectivity index (χ4v) is 2.94. The average molecular weight is 243 g/mol. The molecule has 0 heterocycles. The minimum absolute atomic E-state index is 0.355. The van der Waals surface area contributed by atoms with Gasteiger partial charge in [-0.2, -0.15) is 0 Å². The van der Waals surface area contributed by atoms with Gasteiger partial charge in [0.1, 0.15) is 0 Å². The topological polar surface area (TPSA) is 20.2 Å². The van der Waals surface area contributed by atoms with E-state index in [0.717, 1.165) is 3.32 Å². The number of rotatable bonds is 1. The van der Waals surface area contributed by atoms with Crippen LogP contribution in [0.5, 0.6) is 5.75 Å². The molecular weight excluding hydrogens is 238 g/mol. The van der Waals surface area contributed by atoms with Gasteiger partial charge in [0.25, 0.3) is 0 Å². The molecule has 0 atom stereocenters. The van der Waals surface area contributed by atoms with Gasteiger partial charge in [0, 0.05) is 0 Å².